The molecule has 1 amide bonds. The number of oxazole rings is 1. The number of aryl methyl sites for hydroxylation is 1. The maximum absolute atomic E-state index is 11.2. The van der Waals surface area contributed by atoms with Crippen molar-refractivity contribution in [1.82, 2.24) is 4.98 Å². The van der Waals surface area contributed by atoms with E-state index < -0.39 is 6.04 Å². The number of nitrogens with two attached hydrogens (primary N) is 1. The molecule has 1 atom stereocenters. The van der Waals surface area contributed by atoms with Gasteiger partial charge in [-0.15, -0.1) is 0 Å². The summed E-state index contributed by atoms with van der Waals surface area (Å²) in [7, 11) is 0. The topological polar surface area (TPSA) is 81.2 Å². The van der Waals surface area contributed by atoms with E-state index in [1.807, 2.05) is 6.92 Å². The Morgan fingerprint density at radius 2 is 2.54 bits per heavy atom. The fourth-order valence-electron chi connectivity index (χ4n) is 0.795. The predicted octanol–water partition coefficient (Wildman–Crippen LogP) is 0.659. The molecule has 0 aliphatic carbocycles. The van der Waals surface area contributed by atoms with Crippen LogP contribution in [0.3, 0.4) is 0 Å². The van der Waals surface area contributed by atoms with Gasteiger partial charge >= 0.3 is 6.01 Å². The number of aromatic nitrogens is 1. The second-order valence-electron chi connectivity index (χ2n) is 2.80. The van der Waals surface area contributed by atoms with Crippen LogP contribution in [0.1, 0.15) is 19.0 Å². The Labute approximate surface area is 76.3 Å². The molecule has 5 heteroatoms. The Morgan fingerprint density at radius 3 is 3.00 bits per heavy atom. The fraction of sp³-hybridized carbons (Fsp3) is 0.500. The number of nitrogens with zero attached hydrogens (tertiary/aromatic N) is 1. The highest BCUT2D eigenvalue weighted by Crippen LogP contribution is 2.06. The Hall–Kier alpha value is -1.36. The molecule has 0 saturated carbocycles. The van der Waals surface area contributed by atoms with Crippen LogP contribution in [0.15, 0.2) is 10.7 Å². The van der Waals surface area contributed by atoms with Crippen molar-refractivity contribution in [2.45, 2.75) is 26.3 Å². The average Bonchev–Trinajstić information content (AvgIpc) is 2.49. The van der Waals surface area contributed by atoms with Crippen LogP contribution in [0.2, 0.25) is 0 Å². The molecule has 1 aromatic heterocycles. The number of amides is 1. The summed E-state index contributed by atoms with van der Waals surface area (Å²) in [5, 5.41) is 2.47. The van der Waals surface area contributed by atoms with Crippen molar-refractivity contribution >= 4 is 11.9 Å². The van der Waals surface area contributed by atoms with Crippen molar-refractivity contribution in [3.05, 3.63) is 12.0 Å². The minimum atomic E-state index is -0.507. The highest BCUT2D eigenvalue weighted by molar-refractivity contribution is 5.92. The van der Waals surface area contributed by atoms with Crippen molar-refractivity contribution in [2.75, 3.05) is 5.32 Å². The summed E-state index contributed by atoms with van der Waals surface area (Å²) in [5.41, 5.74) is 6.21. The molecule has 0 unspecified atom stereocenters. The molecule has 13 heavy (non-hydrogen) atoms. The van der Waals surface area contributed by atoms with Crippen LogP contribution in [0, 0.1) is 6.92 Å². The molecule has 0 aromatic carbocycles. The summed E-state index contributed by atoms with van der Waals surface area (Å²) in [6.45, 7) is 3.62. The lowest BCUT2D eigenvalue weighted by atomic mass is 10.2. The van der Waals surface area contributed by atoms with E-state index >= 15 is 0 Å². The van der Waals surface area contributed by atoms with Crippen LogP contribution in [0.25, 0.3) is 0 Å². The number of anilines is 1. The molecule has 3 N–H and O–H groups in total. The van der Waals surface area contributed by atoms with E-state index in [9.17, 15) is 4.79 Å². The van der Waals surface area contributed by atoms with E-state index in [0.29, 0.717) is 6.42 Å². The number of nitrogens with one attached hydrogen (secondary N) is 1. The van der Waals surface area contributed by atoms with Crippen molar-refractivity contribution in [2.24, 2.45) is 5.73 Å². The van der Waals surface area contributed by atoms with Gasteiger partial charge in [0, 0.05) is 0 Å². The Balaban J connectivity index is 2.54. The van der Waals surface area contributed by atoms with Crippen molar-refractivity contribution in [3.8, 4) is 0 Å². The van der Waals surface area contributed by atoms with Crippen LogP contribution in [0.5, 0.6) is 0 Å². The highest BCUT2D eigenvalue weighted by atomic mass is 16.4. The zero-order valence-corrected chi connectivity index (χ0v) is 7.70. The standard InChI is InChI=1S/C8H13N3O2/c1-3-6(9)7(12)11-8-10-5(2)4-13-8/h4,6H,3,9H2,1-2H3,(H,10,11,12)/t6-/m0/s1. The van der Waals surface area contributed by atoms with E-state index in [-0.39, 0.29) is 11.9 Å². The Kier molecular flexibility index (Phi) is 3.02. The lowest BCUT2D eigenvalue weighted by Crippen LogP contribution is -2.34. The van der Waals surface area contributed by atoms with Crippen molar-refractivity contribution in [1.29, 1.82) is 0 Å². The summed E-state index contributed by atoms with van der Waals surface area (Å²) in [5.74, 6) is -0.274. The molecule has 0 spiro atoms. The highest BCUT2D eigenvalue weighted by Gasteiger charge is 2.12. The molecule has 0 aliphatic heterocycles. The van der Waals surface area contributed by atoms with Gasteiger partial charge in [-0.2, -0.15) is 4.98 Å². The summed E-state index contributed by atoms with van der Waals surface area (Å²) in [6.07, 6.45) is 2.05. The average molecular weight is 183 g/mol. The summed E-state index contributed by atoms with van der Waals surface area (Å²) < 4.78 is 4.93. The maximum atomic E-state index is 11.2. The molecule has 0 radical (unpaired) electrons. The Bertz CT molecular complexity index is 295. The first-order valence-electron chi connectivity index (χ1n) is 4.12. The van der Waals surface area contributed by atoms with Crippen LogP contribution >= 0.6 is 0 Å². The van der Waals surface area contributed by atoms with E-state index in [1.54, 1.807) is 6.92 Å². The molecule has 1 aromatic rings. The van der Waals surface area contributed by atoms with Gasteiger partial charge in [0.05, 0.1) is 11.7 Å². The molecular formula is C8H13N3O2. The third-order valence-electron chi connectivity index (χ3n) is 1.63. The van der Waals surface area contributed by atoms with Crippen LogP contribution in [-0.2, 0) is 4.79 Å². The molecule has 0 fully saturated rings. The molecule has 1 rings (SSSR count). The lowest BCUT2D eigenvalue weighted by Gasteiger charge is -2.05. The van der Waals surface area contributed by atoms with Gasteiger partial charge < -0.3 is 10.2 Å². The smallest absolute Gasteiger partial charge is 0.301 e. The summed E-state index contributed by atoms with van der Waals surface area (Å²) in [6, 6.07) is -0.307. The second-order valence-corrected chi connectivity index (χ2v) is 2.80. The van der Waals surface area contributed by atoms with Crippen molar-refractivity contribution in [3.63, 3.8) is 0 Å². The molecular weight excluding hydrogens is 170 g/mol. The maximum Gasteiger partial charge on any atom is 0.301 e. The Morgan fingerprint density at radius 1 is 1.85 bits per heavy atom. The minimum Gasteiger partial charge on any atom is -0.432 e. The molecule has 0 aliphatic rings. The third-order valence-corrected chi connectivity index (χ3v) is 1.63. The number of hydrogen-bond donors (Lipinski definition) is 2. The quantitative estimate of drug-likeness (QED) is 0.721. The third kappa shape index (κ3) is 2.55. The SMILES string of the molecule is CC[C@H](N)C(=O)Nc1nc(C)co1. The van der Waals surface area contributed by atoms with Crippen molar-refractivity contribution < 1.29 is 9.21 Å². The molecule has 1 heterocycles. The molecule has 5 nitrogen and oxygen atoms in total. The minimum absolute atomic E-state index is 0.200. The van der Waals surface area contributed by atoms with Crippen LogP contribution in [0.4, 0.5) is 6.01 Å². The van der Waals surface area contributed by atoms with E-state index in [2.05, 4.69) is 10.3 Å². The number of carbonyl (C=O) groups is 1. The summed E-state index contributed by atoms with van der Waals surface area (Å²) >= 11 is 0. The monoisotopic (exact) mass is 183 g/mol. The zero-order valence-electron chi connectivity index (χ0n) is 7.70. The molecule has 0 saturated heterocycles. The van der Waals surface area contributed by atoms with Gasteiger partial charge in [0.15, 0.2) is 0 Å². The zero-order chi connectivity index (χ0) is 9.84. The van der Waals surface area contributed by atoms with Gasteiger partial charge in [0.1, 0.15) is 6.26 Å². The lowest BCUT2D eigenvalue weighted by molar-refractivity contribution is -0.117. The van der Waals surface area contributed by atoms with Gasteiger partial charge in [0.2, 0.25) is 5.91 Å². The second kappa shape index (κ2) is 4.04. The largest absolute Gasteiger partial charge is 0.432 e. The van der Waals surface area contributed by atoms with Crippen LogP contribution < -0.4 is 11.1 Å². The molecule has 72 valence electrons. The normalized spacial score (nSPS) is 12.5. The van der Waals surface area contributed by atoms with Gasteiger partial charge in [-0.1, -0.05) is 6.92 Å². The van der Waals surface area contributed by atoms with Gasteiger partial charge in [-0.3, -0.25) is 10.1 Å². The number of carbonyl (C=O) groups excluding carboxylic acids is 1. The van der Waals surface area contributed by atoms with E-state index in [4.69, 9.17) is 10.2 Å². The number of hydrogen-bond acceptors (Lipinski definition) is 4. The number of rotatable bonds is 3. The van der Waals surface area contributed by atoms with Gasteiger partial charge in [-0.05, 0) is 13.3 Å². The van der Waals surface area contributed by atoms with E-state index in [1.165, 1.54) is 6.26 Å². The van der Waals surface area contributed by atoms with Crippen LogP contribution in [-0.4, -0.2) is 16.9 Å². The predicted molar refractivity (Wildman–Crippen MR) is 48.1 cm³/mol. The van der Waals surface area contributed by atoms with Gasteiger partial charge in [-0.25, -0.2) is 0 Å². The summed E-state index contributed by atoms with van der Waals surface area (Å²) in [4.78, 5) is 15.1. The first-order valence-corrected chi connectivity index (χ1v) is 4.12. The first kappa shape index (κ1) is 9.73. The van der Waals surface area contributed by atoms with Gasteiger partial charge in [0.25, 0.3) is 0 Å². The fourth-order valence-corrected chi connectivity index (χ4v) is 0.795. The first-order chi connectivity index (χ1) is 6.13. The molecule has 0 bridgehead atoms. The van der Waals surface area contributed by atoms with E-state index in [0.717, 1.165) is 5.69 Å².